The lowest BCUT2D eigenvalue weighted by molar-refractivity contribution is -0.143. The number of carbonyl (C=O) groups is 1. The van der Waals surface area contributed by atoms with E-state index in [1.165, 1.54) is 18.4 Å². The Balaban J connectivity index is 2.53. The monoisotopic (exact) mass is 438 g/mol. The second kappa shape index (κ2) is 15.9. The Morgan fingerprint density at radius 1 is 1.16 bits per heavy atom. The van der Waals surface area contributed by atoms with Crippen molar-refractivity contribution >= 4 is 5.97 Å². The van der Waals surface area contributed by atoms with Crippen molar-refractivity contribution in [3.05, 3.63) is 11.6 Å². The summed E-state index contributed by atoms with van der Waals surface area (Å²) in [6.07, 6.45) is 16.4. The van der Waals surface area contributed by atoms with Gasteiger partial charge in [0.15, 0.2) is 0 Å². The van der Waals surface area contributed by atoms with Gasteiger partial charge in [0.05, 0.1) is 18.3 Å². The second-order valence-electron chi connectivity index (χ2n) is 9.85. The van der Waals surface area contributed by atoms with Crippen molar-refractivity contribution in [3.8, 4) is 0 Å². The molecule has 0 aromatic carbocycles. The van der Waals surface area contributed by atoms with Crippen LogP contribution in [0.1, 0.15) is 124 Å². The summed E-state index contributed by atoms with van der Waals surface area (Å²) >= 11 is 0. The minimum Gasteiger partial charge on any atom is -0.466 e. The maximum absolute atomic E-state index is 11.4. The molecule has 1 rings (SSSR count). The summed E-state index contributed by atoms with van der Waals surface area (Å²) in [5.41, 5.74) is 0.750. The lowest BCUT2D eigenvalue weighted by Gasteiger charge is -2.30. The van der Waals surface area contributed by atoms with Crippen LogP contribution >= 0.6 is 0 Å². The van der Waals surface area contributed by atoms with Crippen LogP contribution in [-0.2, 0) is 9.53 Å². The fraction of sp³-hybridized carbons (Fsp3) is 0.889. The maximum Gasteiger partial charge on any atom is 0.305 e. The van der Waals surface area contributed by atoms with E-state index in [1.54, 1.807) is 0 Å². The highest BCUT2D eigenvalue weighted by atomic mass is 16.5. The number of rotatable bonds is 17. The molecule has 2 N–H and O–H groups in total. The molecule has 0 amide bonds. The molecule has 0 radical (unpaired) electrons. The number of esters is 1. The third-order valence-corrected chi connectivity index (χ3v) is 7.04. The van der Waals surface area contributed by atoms with Gasteiger partial charge < -0.3 is 14.9 Å². The van der Waals surface area contributed by atoms with E-state index >= 15 is 0 Å². The normalized spacial score (nSPS) is 23.1. The predicted octanol–water partition coefficient (Wildman–Crippen LogP) is 6.73. The van der Waals surface area contributed by atoms with E-state index in [0.29, 0.717) is 18.9 Å². The number of carbonyl (C=O) groups excluding carboxylic acids is 1. The van der Waals surface area contributed by atoms with Crippen molar-refractivity contribution in [2.24, 2.45) is 11.8 Å². The quantitative estimate of drug-likeness (QED) is 0.150. The van der Waals surface area contributed by atoms with Crippen LogP contribution in [0.5, 0.6) is 0 Å². The fourth-order valence-corrected chi connectivity index (χ4v) is 4.91. The molecule has 0 heterocycles. The van der Waals surface area contributed by atoms with Crippen LogP contribution in [0.25, 0.3) is 0 Å². The number of unbranched alkanes of at least 4 members (excludes halogenated alkanes) is 5. The smallest absolute Gasteiger partial charge is 0.305 e. The first-order chi connectivity index (χ1) is 14.8. The zero-order valence-electron chi connectivity index (χ0n) is 20.8. The van der Waals surface area contributed by atoms with Gasteiger partial charge in [-0.15, -0.1) is 0 Å². The van der Waals surface area contributed by atoms with Crippen LogP contribution in [0.4, 0.5) is 0 Å². The fourth-order valence-electron chi connectivity index (χ4n) is 4.91. The average Bonchev–Trinajstić information content (AvgIpc) is 3.09. The van der Waals surface area contributed by atoms with Crippen LogP contribution in [-0.4, -0.2) is 34.5 Å². The van der Waals surface area contributed by atoms with E-state index in [-0.39, 0.29) is 18.0 Å². The van der Waals surface area contributed by atoms with Crippen LogP contribution in [0.3, 0.4) is 0 Å². The van der Waals surface area contributed by atoms with Gasteiger partial charge in [-0.2, -0.15) is 0 Å². The third kappa shape index (κ3) is 11.5. The minimum absolute atomic E-state index is 0.0947. The van der Waals surface area contributed by atoms with Crippen LogP contribution < -0.4 is 0 Å². The summed E-state index contributed by atoms with van der Waals surface area (Å²) < 4.78 is 4.97. The van der Waals surface area contributed by atoms with Gasteiger partial charge in [0.2, 0.25) is 0 Å². The summed E-state index contributed by atoms with van der Waals surface area (Å²) in [5, 5.41) is 21.9. The second-order valence-corrected chi connectivity index (χ2v) is 9.85. The average molecular weight is 439 g/mol. The molecule has 0 spiro atoms. The summed E-state index contributed by atoms with van der Waals surface area (Å²) in [6, 6.07) is 0. The van der Waals surface area contributed by atoms with E-state index in [1.807, 2.05) is 6.92 Å². The van der Waals surface area contributed by atoms with Gasteiger partial charge in [-0.3, -0.25) is 4.79 Å². The number of hydrogen-bond donors (Lipinski definition) is 2. The molecule has 4 heteroatoms. The highest BCUT2D eigenvalue weighted by Crippen LogP contribution is 2.37. The van der Waals surface area contributed by atoms with Gasteiger partial charge in [-0.05, 0) is 57.8 Å². The summed E-state index contributed by atoms with van der Waals surface area (Å²) in [4.78, 5) is 11.4. The Kier molecular flexibility index (Phi) is 14.4. The van der Waals surface area contributed by atoms with Crippen molar-refractivity contribution in [1.82, 2.24) is 0 Å². The van der Waals surface area contributed by atoms with Gasteiger partial charge in [0.25, 0.3) is 0 Å². The van der Waals surface area contributed by atoms with Gasteiger partial charge >= 0.3 is 5.97 Å². The van der Waals surface area contributed by atoms with E-state index < -0.39 is 5.60 Å². The standard InChI is InChI=1S/C27H50O4/c1-5-8-13-19-27(30,21-22(4)6-2)20-18-23-16-17-25(28)24(23)14-11-9-10-12-15-26(29)31-7-3/h18,22,24-25,28,30H,5-17,19-21H2,1-4H3/t22?,24-,25+,27?/m1/s1. The minimum atomic E-state index is -0.608. The number of aliphatic hydroxyl groups excluding tert-OH is 1. The Morgan fingerprint density at radius 3 is 2.58 bits per heavy atom. The molecule has 0 aromatic rings. The molecule has 4 atom stereocenters. The zero-order chi connectivity index (χ0) is 23.1. The number of aliphatic hydroxyl groups is 2. The van der Waals surface area contributed by atoms with Gasteiger partial charge in [-0.25, -0.2) is 0 Å². The molecule has 0 aliphatic heterocycles. The molecule has 0 bridgehead atoms. The van der Waals surface area contributed by atoms with E-state index in [0.717, 1.165) is 77.0 Å². The third-order valence-electron chi connectivity index (χ3n) is 7.04. The van der Waals surface area contributed by atoms with E-state index in [2.05, 4.69) is 26.8 Å². The molecule has 4 nitrogen and oxygen atoms in total. The Bertz CT molecular complexity index is 515. The molecule has 1 saturated carbocycles. The highest BCUT2D eigenvalue weighted by molar-refractivity contribution is 5.69. The van der Waals surface area contributed by atoms with Crippen molar-refractivity contribution in [2.75, 3.05) is 6.61 Å². The summed E-state index contributed by atoms with van der Waals surface area (Å²) in [6.45, 7) is 8.94. The van der Waals surface area contributed by atoms with Gasteiger partial charge in [0, 0.05) is 12.3 Å². The molecule has 0 aromatic heterocycles. The largest absolute Gasteiger partial charge is 0.466 e. The van der Waals surface area contributed by atoms with Crippen molar-refractivity contribution < 1.29 is 19.7 Å². The van der Waals surface area contributed by atoms with Crippen molar-refractivity contribution in [3.63, 3.8) is 0 Å². The first kappa shape index (κ1) is 28.2. The SMILES string of the molecule is CCCCCC(O)(CC=C1CC[C@H](O)[C@@H]1CCCCCCC(=O)OCC)CC(C)CC. The van der Waals surface area contributed by atoms with Crippen LogP contribution in [0, 0.1) is 11.8 Å². The Morgan fingerprint density at radius 2 is 1.90 bits per heavy atom. The van der Waals surface area contributed by atoms with Crippen LogP contribution in [0.15, 0.2) is 11.6 Å². The molecule has 1 aliphatic rings. The van der Waals surface area contributed by atoms with Crippen LogP contribution in [0.2, 0.25) is 0 Å². The molecule has 2 unspecified atom stereocenters. The maximum atomic E-state index is 11.4. The predicted molar refractivity (Wildman–Crippen MR) is 129 cm³/mol. The lowest BCUT2D eigenvalue weighted by Crippen LogP contribution is -2.30. The number of hydrogen-bond acceptors (Lipinski definition) is 4. The molecule has 1 fully saturated rings. The zero-order valence-corrected chi connectivity index (χ0v) is 20.8. The first-order valence-corrected chi connectivity index (χ1v) is 13.1. The van der Waals surface area contributed by atoms with E-state index in [9.17, 15) is 15.0 Å². The molecule has 31 heavy (non-hydrogen) atoms. The van der Waals surface area contributed by atoms with Gasteiger partial charge in [-0.1, -0.05) is 77.4 Å². The summed E-state index contributed by atoms with van der Waals surface area (Å²) in [5.74, 6) is 0.681. The van der Waals surface area contributed by atoms with E-state index in [4.69, 9.17) is 4.74 Å². The summed E-state index contributed by atoms with van der Waals surface area (Å²) in [7, 11) is 0. The van der Waals surface area contributed by atoms with Gasteiger partial charge in [0.1, 0.15) is 0 Å². The van der Waals surface area contributed by atoms with Crippen molar-refractivity contribution in [2.45, 2.75) is 136 Å². The Hall–Kier alpha value is -0.870. The molecular weight excluding hydrogens is 388 g/mol. The molecular formula is C27H50O4. The Labute approximate surface area is 191 Å². The molecule has 182 valence electrons. The lowest BCUT2D eigenvalue weighted by atomic mass is 9.82. The molecule has 1 aliphatic carbocycles. The number of ether oxygens (including phenoxy) is 1. The van der Waals surface area contributed by atoms with Crippen molar-refractivity contribution in [1.29, 1.82) is 0 Å². The molecule has 0 saturated heterocycles. The highest BCUT2D eigenvalue weighted by Gasteiger charge is 2.32. The topological polar surface area (TPSA) is 66.8 Å². The first-order valence-electron chi connectivity index (χ1n) is 13.1.